The van der Waals surface area contributed by atoms with Crippen LogP contribution in [0.15, 0.2) is 71.6 Å². The highest BCUT2D eigenvalue weighted by Gasteiger charge is 2.18. The zero-order chi connectivity index (χ0) is 20.8. The molecule has 4 rings (SSSR count). The van der Waals surface area contributed by atoms with E-state index in [1.807, 2.05) is 18.2 Å². The Bertz CT molecular complexity index is 1150. The molecule has 0 unspecified atom stereocenters. The molecule has 0 saturated carbocycles. The van der Waals surface area contributed by atoms with Crippen molar-refractivity contribution in [2.45, 2.75) is 6.61 Å². The monoisotopic (exact) mass is 404 g/mol. The summed E-state index contributed by atoms with van der Waals surface area (Å²) in [6.07, 6.45) is 4.65. The van der Waals surface area contributed by atoms with Gasteiger partial charge in [-0.1, -0.05) is 17.3 Å². The van der Waals surface area contributed by atoms with Gasteiger partial charge in [-0.05, 0) is 36.4 Å². The minimum absolute atomic E-state index is 0.109. The summed E-state index contributed by atoms with van der Waals surface area (Å²) in [5, 5.41) is 3.91. The van der Waals surface area contributed by atoms with Crippen molar-refractivity contribution in [3.8, 4) is 28.8 Å². The molecule has 0 bridgehead atoms. The lowest BCUT2D eigenvalue weighted by Gasteiger charge is -2.08. The standard InChI is InChI=1S/C21H16N4O5/c1-27-15-6-2-5-14(11-15)19-24-18(30-25-19)13-28-21(26)17-8-4-10-23-20(17)29-16-7-3-9-22-12-16/h2-12H,13H2,1H3. The van der Waals surface area contributed by atoms with E-state index in [-0.39, 0.29) is 23.9 Å². The predicted molar refractivity (Wildman–Crippen MR) is 104 cm³/mol. The third-order valence-electron chi connectivity index (χ3n) is 3.96. The quantitative estimate of drug-likeness (QED) is 0.426. The SMILES string of the molecule is COc1cccc(-c2noc(COC(=O)c3cccnc3Oc3cccnc3)n2)c1. The zero-order valence-corrected chi connectivity index (χ0v) is 15.9. The highest BCUT2D eigenvalue weighted by atomic mass is 16.6. The molecule has 0 radical (unpaired) electrons. The molecular weight excluding hydrogens is 388 g/mol. The van der Waals surface area contributed by atoms with E-state index in [0.717, 1.165) is 5.56 Å². The van der Waals surface area contributed by atoms with Gasteiger partial charge in [0.25, 0.3) is 5.89 Å². The summed E-state index contributed by atoms with van der Waals surface area (Å²) in [4.78, 5) is 24.8. The summed E-state index contributed by atoms with van der Waals surface area (Å²) in [5.41, 5.74) is 0.879. The number of hydrogen-bond donors (Lipinski definition) is 0. The van der Waals surface area contributed by atoms with Crippen LogP contribution >= 0.6 is 0 Å². The van der Waals surface area contributed by atoms with Gasteiger partial charge in [0.2, 0.25) is 11.7 Å². The molecule has 3 aromatic heterocycles. The third kappa shape index (κ3) is 4.41. The van der Waals surface area contributed by atoms with E-state index < -0.39 is 5.97 Å². The van der Waals surface area contributed by atoms with E-state index in [1.54, 1.807) is 43.6 Å². The minimum atomic E-state index is -0.636. The molecule has 0 aliphatic carbocycles. The minimum Gasteiger partial charge on any atom is -0.497 e. The molecular formula is C21H16N4O5. The molecule has 4 aromatic rings. The topological polar surface area (TPSA) is 109 Å². The maximum Gasteiger partial charge on any atom is 0.344 e. The Hall–Kier alpha value is -4.27. The lowest BCUT2D eigenvalue weighted by Crippen LogP contribution is -2.08. The number of esters is 1. The van der Waals surface area contributed by atoms with Crippen LogP contribution in [0.25, 0.3) is 11.4 Å². The Morgan fingerprint density at radius 3 is 2.77 bits per heavy atom. The summed E-state index contributed by atoms with van der Waals surface area (Å²) < 4.78 is 21.3. The number of carbonyl (C=O) groups excluding carboxylic acids is 1. The van der Waals surface area contributed by atoms with Crippen molar-refractivity contribution in [3.63, 3.8) is 0 Å². The Balaban J connectivity index is 1.44. The van der Waals surface area contributed by atoms with E-state index in [1.165, 1.54) is 12.4 Å². The van der Waals surface area contributed by atoms with Crippen LogP contribution in [0.4, 0.5) is 0 Å². The normalized spacial score (nSPS) is 10.4. The van der Waals surface area contributed by atoms with Gasteiger partial charge < -0.3 is 18.7 Å². The lowest BCUT2D eigenvalue weighted by molar-refractivity contribution is 0.0426. The molecule has 0 atom stereocenters. The van der Waals surface area contributed by atoms with Crippen LogP contribution in [0.3, 0.4) is 0 Å². The van der Waals surface area contributed by atoms with Crippen LogP contribution in [-0.2, 0) is 11.3 Å². The maximum absolute atomic E-state index is 12.5. The lowest BCUT2D eigenvalue weighted by atomic mass is 10.2. The smallest absolute Gasteiger partial charge is 0.344 e. The van der Waals surface area contributed by atoms with Crippen LogP contribution in [0.1, 0.15) is 16.2 Å². The fourth-order valence-corrected chi connectivity index (χ4v) is 2.54. The van der Waals surface area contributed by atoms with Crippen molar-refractivity contribution in [2.24, 2.45) is 0 Å². The van der Waals surface area contributed by atoms with E-state index in [4.69, 9.17) is 18.7 Å². The molecule has 0 N–H and O–H groups in total. The summed E-state index contributed by atoms with van der Waals surface area (Å²) in [6.45, 7) is -0.197. The number of rotatable bonds is 7. The Kier molecular flexibility index (Phi) is 5.61. The van der Waals surface area contributed by atoms with Gasteiger partial charge >= 0.3 is 5.97 Å². The molecule has 30 heavy (non-hydrogen) atoms. The van der Waals surface area contributed by atoms with Gasteiger partial charge in [-0.15, -0.1) is 0 Å². The molecule has 0 fully saturated rings. The van der Waals surface area contributed by atoms with Crippen LogP contribution < -0.4 is 9.47 Å². The second kappa shape index (κ2) is 8.82. The van der Waals surface area contributed by atoms with Crippen LogP contribution in [0.5, 0.6) is 17.4 Å². The fourth-order valence-electron chi connectivity index (χ4n) is 2.54. The van der Waals surface area contributed by atoms with Crippen molar-refractivity contribution in [1.29, 1.82) is 0 Å². The molecule has 1 aromatic carbocycles. The number of methoxy groups -OCH3 is 1. The molecule has 0 aliphatic heterocycles. The molecule has 0 aliphatic rings. The number of aromatic nitrogens is 4. The highest BCUT2D eigenvalue weighted by Crippen LogP contribution is 2.24. The van der Waals surface area contributed by atoms with Gasteiger partial charge in [0.15, 0.2) is 6.61 Å². The highest BCUT2D eigenvalue weighted by molar-refractivity contribution is 5.91. The third-order valence-corrected chi connectivity index (χ3v) is 3.96. The first-order valence-corrected chi connectivity index (χ1v) is 8.90. The average Bonchev–Trinajstić information content (AvgIpc) is 3.28. The van der Waals surface area contributed by atoms with Gasteiger partial charge in [-0.25, -0.2) is 9.78 Å². The fraction of sp³-hybridized carbons (Fsp3) is 0.0952. The van der Waals surface area contributed by atoms with Crippen LogP contribution in [0.2, 0.25) is 0 Å². The van der Waals surface area contributed by atoms with E-state index in [9.17, 15) is 4.79 Å². The molecule has 9 heteroatoms. The number of nitrogens with zero attached hydrogens (tertiary/aromatic N) is 4. The number of pyridine rings is 2. The van der Waals surface area contributed by atoms with Crippen molar-refractivity contribution in [1.82, 2.24) is 20.1 Å². The first kappa shape index (κ1) is 19.1. The van der Waals surface area contributed by atoms with Crippen LogP contribution in [0, 0.1) is 0 Å². The molecule has 9 nitrogen and oxygen atoms in total. The molecule has 150 valence electrons. The van der Waals surface area contributed by atoms with Crippen LogP contribution in [-0.4, -0.2) is 33.2 Å². The summed E-state index contributed by atoms with van der Waals surface area (Å²) in [6, 6.07) is 13.8. The number of ether oxygens (including phenoxy) is 3. The second-order valence-corrected chi connectivity index (χ2v) is 5.97. The Labute approximate surface area is 171 Å². The molecule has 0 saturated heterocycles. The number of carbonyl (C=O) groups is 1. The van der Waals surface area contributed by atoms with Gasteiger partial charge in [0.1, 0.15) is 17.1 Å². The second-order valence-electron chi connectivity index (χ2n) is 5.97. The predicted octanol–water partition coefficient (Wildman–Crippen LogP) is 3.68. The van der Waals surface area contributed by atoms with E-state index in [0.29, 0.717) is 17.3 Å². The Morgan fingerprint density at radius 2 is 1.93 bits per heavy atom. The first-order chi connectivity index (χ1) is 14.7. The summed E-state index contributed by atoms with van der Waals surface area (Å²) >= 11 is 0. The van der Waals surface area contributed by atoms with Gasteiger partial charge in [0, 0.05) is 18.0 Å². The first-order valence-electron chi connectivity index (χ1n) is 8.90. The van der Waals surface area contributed by atoms with Crippen molar-refractivity contribution in [3.05, 3.63) is 78.6 Å². The van der Waals surface area contributed by atoms with Crippen molar-refractivity contribution < 1.29 is 23.5 Å². The van der Waals surface area contributed by atoms with Gasteiger partial charge in [-0.3, -0.25) is 4.98 Å². The number of benzene rings is 1. The summed E-state index contributed by atoms with van der Waals surface area (Å²) in [7, 11) is 1.57. The van der Waals surface area contributed by atoms with E-state index in [2.05, 4.69) is 20.1 Å². The van der Waals surface area contributed by atoms with Crippen molar-refractivity contribution >= 4 is 5.97 Å². The molecule has 0 amide bonds. The van der Waals surface area contributed by atoms with Gasteiger partial charge in [-0.2, -0.15) is 4.98 Å². The zero-order valence-electron chi connectivity index (χ0n) is 15.9. The molecule has 3 heterocycles. The Morgan fingerprint density at radius 1 is 1.07 bits per heavy atom. The largest absolute Gasteiger partial charge is 0.497 e. The van der Waals surface area contributed by atoms with Gasteiger partial charge in [0.05, 0.1) is 13.3 Å². The summed E-state index contributed by atoms with van der Waals surface area (Å²) in [5.74, 6) is 1.11. The number of hydrogen-bond acceptors (Lipinski definition) is 9. The van der Waals surface area contributed by atoms with Crippen molar-refractivity contribution in [2.75, 3.05) is 7.11 Å². The molecule has 0 spiro atoms. The maximum atomic E-state index is 12.5. The van der Waals surface area contributed by atoms with E-state index >= 15 is 0 Å². The average molecular weight is 404 g/mol.